The number of carbonyl (C=O) groups excluding carboxylic acids is 1. The third kappa shape index (κ3) is 1.38. The number of hydrogen-bond acceptors (Lipinski definition) is 1. The zero-order chi connectivity index (χ0) is 13.9. The normalized spacial score (nSPS) is 29.4. The lowest BCUT2D eigenvalue weighted by Crippen LogP contribution is -2.56. The van der Waals surface area contributed by atoms with Gasteiger partial charge < -0.3 is 9.88 Å². The van der Waals surface area contributed by atoms with Crippen molar-refractivity contribution in [1.82, 2.24) is 9.88 Å². The van der Waals surface area contributed by atoms with Crippen LogP contribution in [0, 0.1) is 5.92 Å². The van der Waals surface area contributed by atoms with Gasteiger partial charge in [0.2, 0.25) is 5.91 Å². The third-order valence-electron chi connectivity index (χ3n) is 5.29. The highest BCUT2D eigenvalue weighted by molar-refractivity contribution is 5.87. The van der Waals surface area contributed by atoms with Crippen LogP contribution in [-0.4, -0.2) is 22.3 Å². The molecule has 1 saturated heterocycles. The predicted octanol–water partition coefficient (Wildman–Crippen LogP) is 3.20. The summed E-state index contributed by atoms with van der Waals surface area (Å²) in [5.41, 5.74) is 3.74. The number of benzene rings is 1. The Balaban J connectivity index is 1.92. The predicted molar refractivity (Wildman–Crippen MR) is 79.5 cm³/mol. The SMILES string of the molecule is C[C@H]1CC[C@@]2(C)c3[nH]c4ccccc4c3CCN2C1=O. The van der Waals surface area contributed by atoms with Crippen LogP contribution in [0.2, 0.25) is 0 Å². The number of rotatable bonds is 0. The van der Waals surface area contributed by atoms with Crippen LogP contribution in [0.4, 0.5) is 0 Å². The Bertz CT molecular complexity index is 702. The Morgan fingerprint density at radius 3 is 3.00 bits per heavy atom. The van der Waals surface area contributed by atoms with Crippen molar-refractivity contribution in [3.8, 4) is 0 Å². The fourth-order valence-corrected chi connectivity index (χ4v) is 4.03. The Morgan fingerprint density at radius 1 is 1.35 bits per heavy atom. The molecule has 3 heteroatoms. The van der Waals surface area contributed by atoms with Crippen molar-refractivity contribution in [2.75, 3.05) is 6.54 Å². The average Bonchev–Trinajstić information content (AvgIpc) is 2.84. The fourth-order valence-electron chi connectivity index (χ4n) is 4.03. The lowest BCUT2D eigenvalue weighted by atomic mass is 9.77. The first-order chi connectivity index (χ1) is 9.61. The number of hydrogen-bond donors (Lipinski definition) is 1. The molecule has 0 spiro atoms. The van der Waals surface area contributed by atoms with Gasteiger partial charge in [-0.1, -0.05) is 25.1 Å². The maximum atomic E-state index is 12.5. The van der Waals surface area contributed by atoms with Crippen molar-refractivity contribution in [2.24, 2.45) is 5.92 Å². The number of nitrogens with one attached hydrogen (secondary N) is 1. The number of para-hydroxylation sites is 1. The second-order valence-electron chi connectivity index (χ2n) is 6.48. The van der Waals surface area contributed by atoms with Crippen molar-refractivity contribution in [2.45, 2.75) is 38.6 Å². The van der Waals surface area contributed by atoms with Crippen LogP contribution in [0.25, 0.3) is 10.9 Å². The number of aromatic amines is 1. The van der Waals surface area contributed by atoms with Crippen molar-refractivity contribution >= 4 is 16.8 Å². The van der Waals surface area contributed by atoms with E-state index >= 15 is 0 Å². The van der Waals surface area contributed by atoms with Gasteiger partial charge in [0.1, 0.15) is 0 Å². The molecular formula is C17H20N2O. The van der Waals surface area contributed by atoms with Gasteiger partial charge in [-0.25, -0.2) is 0 Å². The van der Waals surface area contributed by atoms with Gasteiger partial charge >= 0.3 is 0 Å². The molecule has 0 bridgehead atoms. The first-order valence-electron chi connectivity index (χ1n) is 7.53. The minimum atomic E-state index is -0.143. The molecule has 104 valence electrons. The standard InChI is InChI=1S/C17H20N2O/c1-11-7-9-17(2)15-13(8-10-19(17)16(11)20)12-5-3-4-6-14(12)18-15/h3-6,11,18H,7-10H2,1-2H3/t11-,17-/m0/s1. The Kier molecular flexibility index (Phi) is 2.33. The molecule has 1 N–H and O–H groups in total. The molecule has 2 aliphatic heterocycles. The van der Waals surface area contributed by atoms with E-state index in [4.69, 9.17) is 0 Å². The first kappa shape index (κ1) is 12.0. The summed E-state index contributed by atoms with van der Waals surface area (Å²) >= 11 is 0. The quantitative estimate of drug-likeness (QED) is 0.782. The number of nitrogens with zero attached hydrogens (tertiary/aromatic N) is 1. The molecular weight excluding hydrogens is 248 g/mol. The maximum absolute atomic E-state index is 12.5. The minimum absolute atomic E-state index is 0.143. The van der Waals surface area contributed by atoms with Crippen LogP contribution >= 0.6 is 0 Å². The lowest BCUT2D eigenvalue weighted by Gasteiger charge is -2.49. The van der Waals surface area contributed by atoms with Crippen LogP contribution in [0.1, 0.15) is 37.9 Å². The highest BCUT2D eigenvalue weighted by Crippen LogP contribution is 2.45. The molecule has 0 aliphatic carbocycles. The molecule has 2 atom stereocenters. The van der Waals surface area contributed by atoms with Crippen molar-refractivity contribution in [3.05, 3.63) is 35.5 Å². The number of H-pyrrole nitrogens is 1. The van der Waals surface area contributed by atoms with Crippen LogP contribution in [0.5, 0.6) is 0 Å². The zero-order valence-electron chi connectivity index (χ0n) is 12.1. The summed E-state index contributed by atoms with van der Waals surface area (Å²) in [5.74, 6) is 0.497. The van der Waals surface area contributed by atoms with E-state index in [0.717, 1.165) is 25.8 Å². The van der Waals surface area contributed by atoms with Gasteiger partial charge in [-0.3, -0.25) is 4.79 Å². The van der Waals surface area contributed by atoms with Crippen molar-refractivity contribution in [1.29, 1.82) is 0 Å². The van der Waals surface area contributed by atoms with Crippen LogP contribution in [-0.2, 0) is 16.8 Å². The summed E-state index contributed by atoms with van der Waals surface area (Å²) in [6.07, 6.45) is 3.01. The molecule has 4 rings (SSSR count). The number of aromatic nitrogens is 1. The molecule has 2 aliphatic rings. The molecule has 1 aromatic carbocycles. The Morgan fingerprint density at radius 2 is 2.15 bits per heavy atom. The molecule has 3 heterocycles. The van der Waals surface area contributed by atoms with E-state index in [1.807, 2.05) is 0 Å². The molecule has 3 nitrogen and oxygen atoms in total. The smallest absolute Gasteiger partial charge is 0.226 e. The van der Waals surface area contributed by atoms with Crippen molar-refractivity contribution in [3.63, 3.8) is 0 Å². The van der Waals surface area contributed by atoms with E-state index in [0.29, 0.717) is 5.91 Å². The third-order valence-corrected chi connectivity index (χ3v) is 5.29. The maximum Gasteiger partial charge on any atom is 0.226 e. The van der Waals surface area contributed by atoms with E-state index in [-0.39, 0.29) is 11.5 Å². The highest BCUT2D eigenvalue weighted by Gasteiger charge is 2.47. The van der Waals surface area contributed by atoms with E-state index < -0.39 is 0 Å². The number of fused-ring (bicyclic) bond motifs is 5. The molecule has 1 aromatic heterocycles. The summed E-state index contributed by atoms with van der Waals surface area (Å²) in [7, 11) is 0. The summed E-state index contributed by atoms with van der Waals surface area (Å²) in [6, 6.07) is 8.49. The van der Waals surface area contributed by atoms with Gasteiger partial charge in [0.25, 0.3) is 0 Å². The molecule has 1 fully saturated rings. The van der Waals surface area contributed by atoms with E-state index in [1.165, 1.54) is 22.2 Å². The molecule has 2 aromatic rings. The first-order valence-corrected chi connectivity index (χ1v) is 7.53. The molecule has 0 unspecified atom stereocenters. The monoisotopic (exact) mass is 268 g/mol. The van der Waals surface area contributed by atoms with Gasteiger partial charge in [-0.2, -0.15) is 0 Å². The van der Waals surface area contributed by atoms with Gasteiger partial charge in [-0.15, -0.1) is 0 Å². The van der Waals surface area contributed by atoms with Gasteiger partial charge in [0.05, 0.1) is 5.54 Å². The average molecular weight is 268 g/mol. The topological polar surface area (TPSA) is 36.1 Å². The lowest BCUT2D eigenvalue weighted by molar-refractivity contribution is -0.148. The largest absolute Gasteiger partial charge is 0.356 e. The fraction of sp³-hybridized carbons (Fsp3) is 0.471. The number of piperidine rings is 1. The molecule has 0 saturated carbocycles. The summed E-state index contributed by atoms with van der Waals surface area (Å²) < 4.78 is 0. The highest BCUT2D eigenvalue weighted by atomic mass is 16.2. The van der Waals surface area contributed by atoms with E-state index in [1.54, 1.807) is 0 Å². The molecule has 20 heavy (non-hydrogen) atoms. The second-order valence-corrected chi connectivity index (χ2v) is 6.48. The zero-order valence-corrected chi connectivity index (χ0v) is 12.1. The van der Waals surface area contributed by atoms with Gasteiger partial charge in [0.15, 0.2) is 0 Å². The Hall–Kier alpha value is -1.77. The molecule has 1 amide bonds. The summed E-state index contributed by atoms with van der Waals surface area (Å²) in [6.45, 7) is 5.14. The Labute approximate surface area is 119 Å². The van der Waals surface area contributed by atoms with Crippen molar-refractivity contribution < 1.29 is 4.79 Å². The summed E-state index contributed by atoms with van der Waals surface area (Å²) in [5, 5.41) is 1.33. The molecule has 0 radical (unpaired) electrons. The summed E-state index contributed by atoms with van der Waals surface area (Å²) in [4.78, 5) is 18.2. The van der Waals surface area contributed by atoms with E-state index in [9.17, 15) is 4.79 Å². The number of amides is 1. The van der Waals surface area contributed by atoms with Crippen LogP contribution in [0.15, 0.2) is 24.3 Å². The van der Waals surface area contributed by atoms with E-state index in [2.05, 4.69) is 48.0 Å². The van der Waals surface area contributed by atoms with Gasteiger partial charge in [0, 0.05) is 29.1 Å². The minimum Gasteiger partial charge on any atom is -0.356 e. The number of carbonyl (C=O) groups is 1. The van der Waals surface area contributed by atoms with Gasteiger partial charge in [-0.05, 0) is 37.8 Å². The second kappa shape index (κ2) is 3.87. The van der Waals surface area contributed by atoms with Crippen LogP contribution in [0.3, 0.4) is 0 Å². The van der Waals surface area contributed by atoms with Crippen LogP contribution < -0.4 is 0 Å².